The van der Waals surface area contributed by atoms with Crippen molar-refractivity contribution in [2.45, 2.75) is 5.38 Å². The van der Waals surface area contributed by atoms with Gasteiger partial charge in [0.05, 0.1) is 0 Å². The average Bonchev–Trinajstić information content (AvgIpc) is 2.16. The van der Waals surface area contributed by atoms with Gasteiger partial charge in [0.1, 0.15) is 17.5 Å². The van der Waals surface area contributed by atoms with Crippen LogP contribution in [0.2, 0.25) is 0 Å². The zero-order valence-corrected chi connectivity index (χ0v) is 7.81. The number of hydrogen-bond acceptors (Lipinski definition) is 2. The molecule has 0 aromatic heterocycles. The van der Waals surface area contributed by atoms with Crippen LogP contribution in [0.4, 0.5) is 10.1 Å². The average molecular weight is 202 g/mol. The lowest BCUT2D eigenvalue weighted by atomic mass is 10.1. The van der Waals surface area contributed by atoms with E-state index >= 15 is 0 Å². The van der Waals surface area contributed by atoms with Crippen LogP contribution in [0.3, 0.4) is 0 Å². The highest BCUT2D eigenvalue weighted by atomic mass is 35.5. The van der Waals surface area contributed by atoms with Crippen molar-refractivity contribution in [1.29, 1.82) is 0 Å². The molecule has 1 rings (SSSR count). The molecule has 70 valence electrons. The molecule has 13 heavy (non-hydrogen) atoms. The first-order valence-corrected chi connectivity index (χ1v) is 4.19. The third kappa shape index (κ3) is 2.18. The lowest BCUT2D eigenvalue weighted by molar-refractivity contribution is -0.107. The van der Waals surface area contributed by atoms with Gasteiger partial charge in [-0.3, -0.25) is 0 Å². The largest absolute Gasteiger partial charge is 0.388 e. The maximum atomic E-state index is 12.7. The Morgan fingerprint density at radius 3 is 2.85 bits per heavy atom. The summed E-state index contributed by atoms with van der Waals surface area (Å²) in [4.78, 5) is 10.4. The van der Waals surface area contributed by atoms with Gasteiger partial charge in [-0.1, -0.05) is 6.07 Å². The van der Waals surface area contributed by atoms with E-state index in [1.807, 2.05) is 0 Å². The second-order valence-electron chi connectivity index (χ2n) is 2.52. The molecule has 0 amide bonds. The van der Waals surface area contributed by atoms with Gasteiger partial charge in [0.2, 0.25) is 0 Å². The normalized spacial score (nSPS) is 12.2. The van der Waals surface area contributed by atoms with Crippen LogP contribution in [-0.4, -0.2) is 13.3 Å². The number of carbonyl (C=O) groups excluding carboxylic acids is 1. The first kappa shape index (κ1) is 9.99. The number of rotatable bonds is 3. The summed E-state index contributed by atoms with van der Waals surface area (Å²) in [6.45, 7) is 0. The number of halogens is 2. The molecule has 0 radical (unpaired) electrons. The molecule has 0 aliphatic rings. The quantitative estimate of drug-likeness (QED) is 0.601. The molecular formula is C9H9ClFNO. The van der Waals surface area contributed by atoms with E-state index in [0.717, 1.165) is 0 Å². The van der Waals surface area contributed by atoms with E-state index in [1.165, 1.54) is 18.2 Å². The summed E-state index contributed by atoms with van der Waals surface area (Å²) in [5, 5.41) is 2.03. The molecule has 2 nitrogen and oxygen atoms in total. The van der Waals surface area contributed by atoms with Gasteiger partial charge in [-0.05, 0) is 12.1 Å². The predicted molar refractivity (Wildman–Crippen MR) is 50.6 cm³/mol. The topological polar surface area (TPSA) is 29.1 Å². The molecular weight excluding hydrogens is 193 g/mol. The van der Waals surface area contributed by atoms with Crippen LogP contribution in [-0.2, 0) is 4.79 Å². The fraction of sp³-hybridized carbons (Fsp3) is 0.222. The van der Waals surface area contributed by atoms with Crippen molar-refractivity contribution in [2.24, 2.45) is 0 Å². The molecule has 0 fully saturated rings. The van der Waals surface area contributed by atoms with Gasteiger partial charge in [0.15, 0.2) is 0 Å². The maximum absolute atomic E-state index is 12.7. The molecule has 1 aromatic carbocycles. The number of carbonyl (C=O) groups is 1. The minimum absolute atomic E-state index is 0.358. The highest BCUT2D eigenvalue weighted by molar-refractivity contribution is 6.28. The molecule has 0 aliphatic carbocycles. The van der Waals surface area contributed by atoms with Crippen molar-refractivity contribution in [3.05, 3.63) is 29.6 Å². The molecule has 0 aliphatic heterocycles. The van der Waals surface area contributed by atoms with E-state index in [-0.39, 0.29) is 5.82 Å². The van der Waals surface area contributed by atoms with Gasteiger partial charge >= 0.3 is 0 Å². The third-order valence-corrected chi connectivity index (χ3v) is 2.04. The zero-order chi connectivity index (χ0) is 9.84. The minimum Gasteiger partial charge on any atom is -0.388 e. The predicted octanol–water partition coefficient (Wildman–Crippen LogP) is 2.35. The van der Waals surface area contributed by atoms with E-state index in [9.17, 15) is 9.18 Å². The number of benzene rings is 1. The van der Waals surface area contributed by atoms with Crippen LogP contribution in [0, 0.1) is 5.82 Å². The summed E-state index contributed by atoms with van der Waals surface area (Å²) < 4.78 is 12.7. The van der Waals surface area contributed by atoms with Gasteiger partial charge in [0, 0.05) is 18.3 Å². The standard InChI is InChI=1S/C9H9ClFNO/c1-12-9-4-6(11)2-3-7(9)8(10)5-13/h2-5,8,12H,1H3. The second-order valence-corrected chi connectivity index (χ2v) is 2.99. The Hall–Kier alpha value is -1.09. The van der Waals surface area contributed by atoms with Crippen molar-refractivity contribution >= 4 is 23.6 Å². The summed E-state index contributed by atoms with van der Waals surface area (Å²) in [6.07, 6.45) is 0.607. The molecule has 0 saturated carbocycles. The van der Waals surface area contributed by atoms with Crippen LogP contribution in [0.1, 0.15) is 10.9 Å². The molecule has 1 unspecified atom stereocenters. The molecule has 0 heterocycles. The van der Waals surface area contributed by atoms with Crippen molar-refractivity contribution < 1.29 is 9.18 Å². The molecule has 4 heteroatoms. The van der Waals surface area contributed by atoms with Crippen molar-refractivity contribution in [2.75, 3.05) is 12.4 Å². The van der Waals surface area contributed by atoms with Crippen molar-refractivity contribution in [3.8, 4) is 0 Å². The lowest BCUT2D eigenvalue weighted by Crippen LogP contribution is -1.99. The second kappa shape index (κ2) is 4.23. The number of anilines is 1. The Labute approximate surface area is 80.7 Å². The number of alkyl halides is 1. The summed E-state index contributed by atoms with van der Waals surface area (Å²) >= 11 is 5.70. The molecule has 1 N–H and O–H groups in total. The van der Waals surface area contributed by atoms with E-state index < -0.39 is 5.38 Å². The molecule has 0 bridgehead atoms. The number of hydrogen-bond donors (Lipinski definition) is 1. The molecule has 0 spiro atoms. The Bertz CT molecular complexity index is 316. The van der Waals surface area contributed by atoms with Crippen LogP contribution in [0.25, 0.3) is 0 Å². The summed E-state index contributed by atoms with van der Waals surface area (Å²) in [7, 11) is 1.65. The monoisotopic (exact) mass is 201 g/mol. The van der Waals surface area contributed by atoms with Crippen LogP contribution in [0.15, 0.2) is 18.2 Å². The maximum Gasteiger partial charge on any atom is 0.142 e. The smallest absolute Gasteiger partial charge is 0.142 e. The van der Waals surface area contributed by atoms with Crippen molar-refractivity contribution in [3.63, 3.8) is 0 Å². The van der Waals surface area contributed by atoms with Gasteiger partial charge < -0.3 is 10.1 Å². The first-order chi connectivity index (χ1) is 6.19. The Morgan fingerprint density at radius 1 is 1.62 bits per heavy atom. The van der Waals surface area contributed by atoms with Gasteiger partial charge in [-0.15, -0.1) is 11.6 Å². The van der Waals surface area contributed by atoms with Crippen molar-refractivity contribution in [1.82, 2.24) is 0 Å². The first-order valence-electron chi connectivity index (χ1n) is 3.75. The zero-order valence-electron chi connectivity index (χ0n) is 7.05. The number of nitrogens with one attached hydrogen (secondary N) is 1. The minimum atomic E-state index is -0.733. The van der Waals surface area contributed by atoms with Gasteiger partial charge in [-0.25, -0.2) is 4.39 Å². The Kier molecular flexibility index (Phi) is 3.25. The highest BCUT2D eigenvalue weighted by Gasteiger charge is 2.11. The lowest BCUT2D eigenvalue weighted by Gasteiger charge is -2.09. The summed E-state index contributed by atoms with van der Waals surface area (Å²) in [5.41, 5.74) is 1.12. The van der Waals surface area contributed by atoms with Gasteiger partial charge in [0.25, 0.3) is 0 Å². The van der Waals surface area contributed by atoms with E-state index in [1.54, 1.807) is 7.05 Å². The third-order valence-electron chi connectivity index (χ3n) is 1.70. The fourth-order valence-corrected chi connectivity index (χ4v) is 1.25. The van der Waals surface area contributed by atoms with Gasteiger partial charge in [-0.2, -0.15) is 0 Å². The summed E-state index contributed by atoms with van der Waals surface area (Å²) in [6, 6.07) is 4.07. The molecule has 1 atom stereocenters. The fourth-order valence-electron chi connectivity index (χ4n) is 1.06. The summed E-state index contributed by atoms with van der Waals surface area (Å²) in [5.74, 6) is -0.358. The highest BCUT2D eigenvalue weighted by Crippen LogP contribution is 2.26. The van der Waals surface area contributed by atoms with E-state index in [2.05, 4.69) is 5.32 Å². The molecule has 1 aromatic rings. The van der Waals surface area contributed by atoms with E-state index in [0.29, 0.717) is 17.5 Å². The molecule has 0 saturated heterocycles. The SMILES string of the molecule is CNc1cc(F)ccc1C(Cl)C=O. The Morgan fingerprint density at radius 2 is 2.31 bits per heavy atom. The van der Waals surface area contributed by atoms with E-state index in [4.69, 9.17) is 11.6 Å². The van der Waals surface area contributed by atoms with Crippen LogP contribution in [0.5, 0.6) is 0 Å². The van der Waals surface area contributed by atoms with Crippen LogP contribution >= 0.6 is 11.6 Å². The Balaban J connectivity index is 3.12. The number of aldehydes is 1. The van der Waals surface area contributed by atoms with Crippen LogP contribution < -0.4 is 5.32 Å².